The van der Waals surface area contributed by atoms with Crippen molar-refractivity contribution >= 4 is 11.7 Å². The van der Waals surface area contributed by atoms with Crippen LogP contribution in [0.25, 0.3) is 0 Å². The van der Waals surface area contributed by atoms with Crippen molar-refractivity contribution in [2.75, 3.05) is 25.0 Å². The van der Waals surface area contributed by atoms with Crippen LogP contribution in [0.4, 0.5) is 10.5 Å². The van der Waals surface area contributed by atoms with Gasteiger partial charge in [-0.1, -0.05) is 36.4 Å². The second kappa shape index (κ2) is 11.9. The molecule has 2 amide bonds. The molecule has 2 aromatic rings. The third-order valence-electron chi connectivity index (χ3n) is 10.6. The molecule has 8 heteroatoms. The fourth-order valence-electron chi connectivity index (χ4n) is 9.03. The van der Waals surface area contributed by atoms with Crippen LogP contribution in [0.3, 0.4) is 0 Å². The molecule has 42 heavy (non-hydrogen) atoms. The van der Waals surface area contributed by atoms with Gasteiger partial charge in [0.1, 0.15) is 0 Å². The summed E-state index contributed by atoms with van der Waals surface area (Å²) in [7, 11) is 0. The minimum Gasteiger partial charge on any atom is -0.395 e. The van der Waals surface area contributed by atoms with Crippen molar-refractivity contribution in [3.63, 3.8) is 0 Å². The molecule has 4 atom stereocenters. The Morgan fingerprint density at radius 3 is 2.19 bits per heavy atom. The van der Waals surface area contributed by atoms with Gasteiger partial charge in [-0.3, -0.25) is 4.90 Å². The summed E-state index contributed by atoms with van der Waals surface area (Å²) in [6, 6.07) is 15.8. The topological polar surface area (TPSA) is 103 Å². The standard InChI is InChI=1S/C34H45N3O5/c38-20-22-3-5-26(6-4-22)31-15-30(19-37-11-1-2-29(37)21-39)41-32(42-31)27-7-9-28(10-8-27)35-33(40)36-34-16-23-12-24(17-34)14-25(13-23)18-34/h3-10,23-25,29-32,38-39H,1-2,11-21H2,(H2,35,36,40)/t23?,24?,25?,29-,30-,31+,32+,34?/m0/s1. The van der Waals surface area contributed by atoms with Crippen molar-refractivity contribution in [1.82, 2.24) is 10.2 Å². The Morgan fingerprint density at radius 2 is 1.55 bits per heavy atom. The van der Waals surface area contributed by atoms with Crippen molar-refractivity contribution in [2.45, 2.75) is 94.5 Å². The van der Waals surface area contributed by atoms with Gasteiger partial charge in [0, 0.05) is 35.8 Å². The number of nitrogens with zero attached hydrogens (tertiary/aromatic N) is 1. The first-order valence-corrected chi connectivity index (χ1v) is 16.0. The van der Waals surface area contributed by atoms with Crippen molar-refractivity contribution < 1.29 is 24.5 Å². The molecular weight excluding hydrogens is 530 g/mol. The molecule has 0 radical (unpaired) electrons. The first-order chi connectivity index (χ1) is 20.5. The lowest BCUT2D eigenvalue weighted by molar-refractivity contribution is -0.253. The molecule has 0 aromatic heterocycles. The van der Waals surface area contributed by atoms with Gasteiger partial charge in [0.25, 0.3) is 0 Å². The molecule has 226 valence electrons. The zero-order valence-corrected chi connectivity index (χ0v) is 24.4. The molecule has 2 heterocycles. The molecule has 4 N–H and O–H groups in total. The van der Waals surface area contributed by atoms with E-state index in [0.29, 0.717) is 6.42 Å². The minimum absolute atomic E-state index is 0.0125. The van der Waals surface area contributed by atoms with Gasteiger partial charge in [-0.25, -0.2) is 4.79 Å². The van der Waals surface area contributed by atoms with Crippen LogP contribution in [0.1, 0.15) is 86.9 Å². The normalized spacial score (nSPS) is 35.8. The minimum atomic E-state index is -0.545. The van der Waals surface area contributed by atoms with E-state index in [9.17, 15) is 15.0 Å². The monoisotopic (exact) mass is 575 g/mol. The number of amides is 2. The summed E-state index contributed by atoms with van der Waals surface area (Å²) in [5.41, 5.74) is 3.57. The predicted octanol–water partition coefficient (Wildman–Crippen LogP) is 5.27. The van der Waals surface area contributed by atoms with Crippen molar-refractivity contribution in [2.24, 2.45) is 17.8 Å². The number of likely N-dealkylation sites (tertiary alicyclic amines) is 1. The summed E-state index contributed by atoms with van der Waals surface area (Å²) in [5.74, 6) is 2.35. The Labute approximate surface area is 248 Å². The SMILES string of the molecule is O=C(Nc1ccc([C@@H]2O[C@H](CN3CCC[C@H]3CO)C[C@H](c3ccc(CO)cc3)O2)cc1)NC12CC3CC(CC(C3)C1)C2. The summed E-state index contributed by atoms with van der Waals surface area (Å²) in [6.07, 6.45) is 9.51. The number of hydrogen-bond acceptors (Lipinski definition) is 6. The van der Waals surface area contributed by atoms with E-state index < -0.39 is 6.29 Å². The van der Waals surface area contributed by atoms with Gasteiger partial charge >= 0.3 is 6.03 Å². The van der Waals surface area contributed by atoms with Crippen LogP contribution in [0.5, 0.6) is 0 Å². The van der Waals surface area contributed by atoms with Crippen molar-refractivity contribution in [1.29, 1.82) is 0 Å². The maximum Gasteiger partial charge on any atom is 0.319 e. The molecule has 2 aromatic carbocycles. The number of aliphatic hydroxyl groups excluding tert-OH is 2. The smallest absolute Gasteiger partial charge is 0.319 e. The fourth-order valence-corrected chi connectivity index (χ4v) is 9.03. The van der Waals surface area contributed by atoms with E-state index in [1.165, 1.54) is 19.3 Å². The van der Waals surface area contributed by atoms with Gasteiger partial charge in [0.15, 0.2) is 6.29 Å². The maximum absolute atomic E-state index is 13.1. The first kappa shape index (κ1) is 28.3. The van der Waals surface area contributed by atoms with Gasteiger partial charge in [0.2, 0.25) is 0 Å². The molecule has 2 aliphatic heterocycles. The highest BCUT2D eigenvalue weighted by Crippen LogP contribution is 2.55. The highest BCUT2D eigenvalue weighted by molar-refractivity contribution is 5.89. The zero-order valence-electron chi connectivity index (χ0n) is 24.4. The number of nitrogens with one attached hydrogen (secondary N) is 2. The number of carbonyl (C=O) groups excluding carboxylic acids is 1. The van der Waals surface area contributed by atoms with Crippen LogP contribution in [-0.4, -0.2) is 58.5 Å². The quantitative estimate of drug-likeness (QED) is 0.342. The Balaban J connectivity index is 1.02. The maximum atomic E-state index is 13.1. The third kappa shape index (κ3) is 5.97. The Morgan fingerprint density at radius 1 is 0.881 bits per heavy atom. The lowest BCUT2D eigenvalue weighted by Gasteiger charge is -2.56. The average Bonchev–Trinajstić information content (AvgIpc) is 3.43. The Hall–Kier alpha value is -2.49. The number of rotatable bonds is 8. The molecule has 0 unspecified atom stereocenters. The van der Waals surface area contributed by atoms with E-state index in [4.69, 9.17) is 9.47 Å². The lowest BCUT2D eigenvalue weighted by Crippen LogP contribution is -2.60. The third-order valence-corrected chi connectivity index (χ3v) is 10.6. The second-order valence-electron chi connectivity index (χ2n) is 13.7. The van der Waals surface area contributed by atoms with Crippen LogP contribution < -0.4 is 10.6 Å². The van der Waals surface area contributed by atoms with Crippen molar-refractivity contribution in [3.05, 3.63) is 65.2 Å². The van der Waals surface area contributed by atoms with E-state index in [1.54, 1.807) is 0 Å². The van der Waals surface area contributed by atoms with Crippen LogP contribution in [-0.2, 0) is 16.1 Å². The molecule has 0 spiro atoms. The summed E-state index contributed by atoms with van der Waals surface area (Å²) >= 11 is 0. The van der Waals surface area contributed by atoms with Gasteiger partial charge in [-0.2, -0.15) is 0 Å². The largest absolute Gasteiger partial charge is 0.395 e. The molecule has 6 aliphatic rings. The average molecular weight is 576 g/mol. The van der Waals surface area contributed by atoms with E-state index in [2.05, 4.69) is 15.5 Å². The van der Waals surface area contributed by atoms with Crippen molar-refractivity contribution in [3.8, 4) is 0 Å². The van der Waals surface area contributed by atoms with Gasteiger partial charge in [-0.15, -0.1) is 0 Å². The van der Waals surface area contributed by atoms with Gasteiger partial charge in [0.05, 0.1) is 25.4 Å². The molecule has 4 saturated carbocycles. The summed E-state index contributed by atoms with van der Waals surface area (Å²) in [5, 5.41) is 25.8. The molecule has 8 rings (SSSR count). The number of aliphatic hydroxyl groups is 2. The fraction of sp³-hybridized carbons (Fsp3) is 0.618. The summed E-state index contributed by atoms with van der Waals surface area (Å²) < 4.78 is 13.0. The molecular formula is C34H45N3O5. The summed E-state index contributed by atoms with van der Waals surface area (Å²) in [6.45, 7) is 1.90. The van der Waals surface area contributed by atoms with Gasteiger partial charge < -0.3 is 30.3 Å². The van der Waals surface area contributed by atoms with Crippen LogP contribution in [0, 0.1) is 17.8 Å². The van der Waals surface area contributed by atoms with E-state index in [1.807, 2.05) is 48.5 Å². The number of ether oxygens (including phenoxy) is 2. The molecule has 4 bridgehead atoms. The van der Waals surface area contributed by atoms with Crippen LogP contribution in [0.2, 0.25) is 0 Å². The molecule has 6 fully saturated rings. The number of benzene rings is 2. The Kier molecular flexibility index (Phi) is 8.01. The van der Waals surface area contributed by atoms with E-state index in [-0.39, 0.29) is 43.0 Å². The van der Waals surface area contributed by atoms with Crippen LogP contribution in [0.15, 0.2) is 48.5 Å². The number of carbonyl (C=O) groups is 1. The number of anilines is 1. The lowest BCUT2D eigenvalue weighted by atomic mass is 9.53. The second-order valence-corrected chi connectivity index (χ2v) is 13.7. The first-order valence-electron chi connectivity index (χ1n) is 16.0. The van der Waals surface area contributed by atoms with Gasteiger partial charge in [-0.05, 0) is 98.9 Å². The summed E-state index contributed by atoms with van der Waals surface area (Å²) in [4.78, 5) is 15.4. The predicted molar refractivity (Wildman–Crippen MR) is 160 cm³/mol. The highest BCUT2D eigenvalue weighted by atomic mass is 16.7. The van der Waals surface area contributed by atoms with E-state index in [0.717, 1.165) is 85.3 Å². The van der Waals surface area contributed by atoms with Crippen LogP contribution >= 0.6 is 0 Å². The highest BCUT2D eigenvalue weighted by Gasteiger charge is 2.51. The molecule has 2 saturated heterocycles. The van der Waals surface area contributed by atoms with E-state index >= 15 is 0 Å². The molecule has 8 nitrogen and oxygen atoms in total. The Bertz CT molecular complexity index is 1200. The zero-order chi connectivity index (χ0) is 28.7. The molecule has 4 aliphatic carbocycles. The number of urea groups is 1. The number of hydrogen-bond donors (Lipinski definition) is 4.